The maximum absolute atomic E-state index is 12.8. The molecule has 3 heterocycles. The maximum Gasteiger partial charge on any atom is 0.291 e. The molecule has 2 aromatic heterocycles. The van der Waals surface area contributed by atoms with Gasteiger partial charge in [-0.3, -0.25) is 9.59 Å². The second-order valence-electron chi connectivity index (χ2n) is 4.79. The average molecular weight is 310 g/mol. The van der Waals surface area contributed by atoms with Gasteiger partial charge in [0.25, 0.3) is 11.5 Å². The van der Waals surface area contributed by atoms with Gasteiger partial charge in [0.15, 0.2) is 0 Å². The van der Waals surface area contributed by atoms with E-state index in [1.165, 1.54) is 22.2 Å². The van der Waals surface area contributed by atoms with E-state index in [-0.39, 0.29) is 11.5 Å². The average Bonchev–Trinajstić information content (AvgIpc) is 3.16. The summed E-state index contributed by atoms with van der Waals surface area (Å²) in [6.45, 7) is 4.08. The number of hydrogen-bond donors (Lipinski definition) is 0. The number of amides is 1. The molecule has 1 amide bonds. The number of hydrogen-bond acceptors (Lipinski definition) is 5. The first-order valence-corrected chi connectivity index (χ1v) is 7.43. The Hall–Kier alpha value is -2.80. The quantitative estimate of drug-likeness (QED) is 0.650. The zero-order chi connectivity index (χ0) is 15.3. The molecule has 1 aromatic carbocycles. The number of thiazole rings is 1. The molecule has 1 aliphatic heterocycles. The highest BCUT2D eigenvalue weighted by Crippen LogP contribution is 2.34. The van der Waals surface area contributed by atoms with E-state index in [0.717, 1.165) is 11.3 Å². The lowest BCUT2D eigenvalue weighted by Crippen LogP contribution is -2.32. The van der Waals surface area contributed by atoms with Gasteiger partial charge in [0, 0.05) is 12.1 Å². The van der Waals surface area contributed by atoms with Crippen molar-refractivity contribution in [3.63, 3.8) is 0 Å². The van der Waals surface area contributed by atoms with Gasteiger partial charge in [0.2, 0.25) is 4.96 Å². The highest BCUT2D eigenvalue weighted by Gasteiger charge is 2.33. The fraction of sp³-hybridized carbons (Fsp3) is 0.0667. The Kier molecular flexibility index (Phi) is 2.70. The predicted molar refractivity (Wildman–Crippen MR) is 83.9 cm³/mol. The van der Waals surface area contributed by atoms with Gasteiger partial charge in [-0.25, -0.2) is 4.98 Å². The molecular weight excluding hydrogens is 300 g/mol. The van der Waals surface area contributed by atoms with Crippen LogP contribution in [0.5, 0.6) is 0 Å². The lowest BCUT2D eigenvalue weighted by Gasteiger charge is -2.13. The summed E-state index contributed by atoms with van der Waals surface area (Å²) in [4.78, 5) is 31.3. The number of rotatable bonds is 2. The first-order chi connectivity index (χ1) is 10.7. The van der Waals surface area contributed by atoms with Gasteiger partial charge < -0.3 is 4.90 Å². The molecule has 7 heteroatoms. The molecule has 0 unspecified atom stereocenters. The van der Waals surface area contributed by atoms with E-state index < -0.39 is 0 Å². The van der Waals surface area contributed by atoms with Crippen LogP contribution in [0.3, 0.4) is 0 Å². The summed E-state index contributed by atoms with van der Waals surface area (Å²) < 4.78 is 1.60. The van der Waals surface area contributed by atoms with Crippen LogP contribution in [0.25, 0.3) is 10.5 Å². The highest BCUT2D eigenvalue weighted by molar-refractivity contribution is 7.15. The van der Waals surface area contributed by atoms with Crippen LogP contribution < -0.4 is 15.0 Å². The third-order valence-electron chi connectivity index (χ3n) is 3.56. The van der Waals surface area contributed by atoms with Crippen LogP contribution in [-0.4, -0.2) is 27.0 Å². The number of benzene rings is 1. The molecule has 0 saturated heterocycles. The Morgan fingerprint density at radius 2 is 2.09 bits per heavy atom. The van der Waals surface area contributed by atoms with E-state index in [4.69, 9.17) is 0 Å². The molecule has 22 heavy (non-hydrogen) atoms. The monoisotopic (exact) mass is 310 g/mol. The van der Waals surface area contributed by atoms with Crippen LogP contribution in [0, 0.1) is 0 Å². The minimum Gasteiger partial charge on any atom is -0.304 e. The molecule has 0 saturated carbocycles. The number of carbonyl (C=O) groups is 1. The highest BCUT2D eigenvalue weighted by atomic mass is 32.1. The van der Waals surface area contributed by atoms with Gasteiger partial charge in [0.1, 0.15) is 10.9 Å². The largest absolute Gasteiger partial charge is 0.304 e. The number of fused-ring (bicyclic) bond motifs is 2. The molecule has 0 spiro atoms. The van der Waals surface area contributed by atoms with E-state index in [1.807, 2.05) is 24.3 Å². The Morgan fingerprint density at radius 3 is 2.86 bits per heavy atom. The van der Waals surface area contributed by atoms with Crippen molar-refractivity contribution in [2.75, 3.05) is 11.4 Å². The van der Waals surface area contributed by atoms with E-state index >= 15 is 0 Å². The topological polar surface area (TPSA) is 67.6 Å². The summed E-state index contributed by atoms with van der Waals surface area (Å²) in [6, 6.07) is 7.43. The summed E-state index contributed by atoms with van der Waals surface area (Å²) in [5, 5.41) is 3.90. The molecule has 3 aromatic rings. The lowest BCUT2D eigenvalue weighted by molar-refractivity contribution is -0.112. The van der Waals surface area contributed by atoms with E-state index in [0.29, 0.717) is 21.6 Å². The molecule has 108 valence electrons. The normalized spacial score (nSPS) is 16.4. The minimum atomic E-state index is -0.309. The number of aromatic nitrogens is 3. The van der Waals surface area contributed by atoms with Crippen molar-refractivity contribution >= 4 is 33.5 Å². The zero-order valence-corrected chi connectivity index (χ0v) is 12.2. The predicted octanol–water partition coefficient (Wildman–Crippen LogP) is 0.601. The number of para-hydroxylation sites is 1. The summed E-state index contributed by atoms with van der Waals surface area (Å²) >= 11 is 1.18. The fourth-order valence-electron chi connectivity index (χ4n) is 2.64. The van der Waals surface area contributed by atoms with Gasteiger partial charge in [-0.15, -0.1) is 6.58 Å². The lowest BCUT2D eigenvalue weighted by atomic mass is 10.1. The van der Waals surface area contributed by atoms with Crippen LogP contribution in [0.2, 0.25) is 0 Å². The van der Waals surface area contributed by atoms with Crippen LogP contribution in [0.15, 0.2) is 48.0 Å². The Balaban J connectivity index is 2.11. The van der Waals surface area contributed by atoms with Crippen molar-refractivity contribution in [3.05, 3.63) is 63.7 Å². The molecule has 6 nitrogen and oxygen atoms in total. The Labute approximate surface area is 128 Å². The standard InChI is InChI=1S/C15H10N4O2S/c1-2-7-18-10-6-4-3-5-9(10)11(13(18)20)12-14(21)19-15(22-12)16-8-17-19/h2-6,8H,1,7H2/b12-11-. The summed E-state index contributed by atoms with van der Waals surface area (Å²) in [7, 11) is 0. The van der Waals surface area contributed by atoms with Gasteiger partial charge in [-0.1, -0.05) is 35.6 Å². The van der Waals surface area contributed by atoms with E-state index in [2.05, 4.69) is 16.7 Å². The molecule has 0 radical (unpaired) electrons. The van der Waals surface area contributed by atoms with Crippen LogP contribution in [0.1, 0.15) is 5.56 Å². The number of nitrogens with zero attached hydrogens (tertiary/aromatic N) is 4. The maximum atomic E-state index is 12.8. The fourth-order valence-corrected chi connectivity index (χ4v) is 3.61. The summed E-state index contributed by atoms with van der Waals surface area (Å²) in [5.41, 5.74) is 1.66. The number of carbonyl (C=O) groups excluding carboxylic acids is 1. The molecule has 4 rings (SSSR count). The van der Waals surface area contributed by atoms with Crippen LogP contribution in [0.4, 0.5) is 5.69 Å². The SMILES string of the molecule is C=CCN1C(=O)/C(=c2\sc3ncnn3c2=O)c2ccccc21. The molecule has 1 aliphatic rings. The molecule has 0 aliphatic carbocycles. The Bertz CT molecular complexity index is 1030. The molecule has 0 N–H and O–H groups in total. The van der Waals surface area contributed by atoms with E-state index in [1.54, 1.807) is 11.0 Å². The first kappa shape index (κ1) is 12.9. The van der Waals surface area contributed by atoms with Gasteiger partial charge in [-0.05, 0) is 6.07 Å². The van der Waals surface area contributed by atoms with Crippen LogP contribution in [-0.2, 0) is 4.79 Å². The van der Waals surface area contributed by atoms with Gasteiger partial charge in [0.05, 0.1) is 11.3 Å². The first-order valence-electron chi connectivity index (χ1n) is 6.61. The number of anilines is 1. The van der Waals surface area contributed by atoms with E-state index in [9.17, 15) is 9.59 Å². The molecular formula is C15H10N4O2S. The van der Waals surface area contributed by atoms with Crippen molar-refractivity contribution < 1.29 is 4.79 Å². The van der Waals surface area contributed by atoms with Crippen molar-refractivity contribution in [3.8, 4) is 0 Å². The summed E-state index contributed by atoms with van der Waals surface area (Å²) in [5.74, 6) is -0.192. The van der Waals surface area contributed by atoms with Crippen molar-refractivity contribution in [2.24, 2.45) is 0 Å². The smallest absolute Gasteiger partial charge is 0.291 e. The van der Waals surface area contributed by atoms with Crippen molar-refractivity contribution in [1.29, 1.82) is 0 Å². The van der Waals surface area contributed by atoms with Gasteiger partial charge in [-0.2, -0.15) is 9.61 Å². The van der Waals surface area contributed by atoms with Gasteiger partial charge >= 0.3 is 0 Å². The summed E-state index contributed by atoms with van der Waals surface area (Å²) in [6.07, 6.45) is 2.99. The zero-order valence-electron chi connectivity index (χ0n) is 11.4. The molecule has 0 atom stereocenters. The third kappa shape index (κ3) is 1.59. The minimum absolute atomic E-state index is 0.192. The second kappa shape index (κ2) is 4.60. The molecule has 0 bridgehead atoms. The Morgan fingerprint density at radius 1 is 1.27 bits per heavy atom. The third-order valence-corrected chi connectivity index (χ3v) is 4.60. The molecule has 0 fully saturated rings. The second-order valence-corrected chi connectivity index (χ2v) is 5.76. The van der Waals surface area contributed by atoms with Crippen LogP contribution >= 0.6 is 11.3 Å². The van der Waals surface area contributed by atoms with Crippen molar-refractivity contribution in [1.82, 2.24) is 14.6 Å². The van der Waals surface area contributed by atoms with Crippen molar-refractivity contribution in [2.45, 2.75) is 0 Å².